The maximum Gasteiger partial charge on any atom is 0.240 e. The zero-order valence-corrected chi connectivity index (χ0v) is 11.7. The van der Waals surface area contributed by atoms with Crippen LogP contribution in [-0.4, -0.2) is 42.5 Å². The third-order valence-electron chi connectivity index (χ3n) is 2.13. The molecular weight excluding hydrogens is 278 g/mol. The van der Waals surface area contributed by atoms with E-state index in [1.165, 1.54) is 31.4 Å². The first-order valence-corrected chi connectivity index (χ1v) is 8.60. The molecule has 0 aliphatic carbocycles. The molecule has 0 aliphatic heterocycles. The van der Waals surface area contributed by atoms with Crippen LogP contribution in [0.1, 0.15) is 0 Å². The van der Waals surface area contributed by atoms with Gasteiger partial charge < -0.3 is 4.74 Å². The Morgan fingerprint density at radius 3 is 2.11 bits per heavy atom. The highest BCUT2D eigenvalue weighted by Crippen LogP contribution is 2.14. The van der Waals surface area contributed by atoms with Crippen molar-refractivity contribution in [3.63, 3.8) is 0 Å². The molecule has 1 aromatic rings. The molecule has 0 atom stereocenters. The lowest BCUT2D eigenvalue weighted by Gasteiger charge is -2.06. The molecular formula is C10H15NO5S2. The van der Waals surface area contributed by atoms with E-state index < -0.39 is 19.9 Å². The van der Waals surface area contributed by atoms with E-state index >= 15 is 0 Å². The first-order chi connectivity index (χ1) is 8.24. The van der Waals surface area contributed by atoms with Crippen LogP contribution in [0.25, 0.3) is 0 Å². The fourth-order valence-electron chi connectivity index (χ4n) is 1.20. The molecule has 0 unspecified atom stereocenters. The number of nitrogens with one attached hydrogen (secondary N) is 1. The monoisotopic (exact) mass is 293 g/mol. The van der Waals surface area contributed by atoms with Gasteiger partial charge in [-0.3, -0.25) is 0 Å². The molecule has 0 fully saturated rings. The zero-order chi connectivity index (χ0) is 13.8. The van der Waals surface area contributed by atoms with Crippen molar-refractivity contribution in [3.8, 4) is 5.75 Å². The average Bonchev–Trinajstić information content (AvgIpc) is 2.27. The summed E-state index contributed by atoms with van der Waals surface area (Å²) in [5.41, 5.74) is 0. The standard InChI is InChI=1S/C10H15NO5S2/c1-16-9-3-5-10(6-4-9)18(14,15)11-7-8-17(2,12)13/h3-6,11H,7-8H2,1-2H3. The molecule has 0 saturated carbocycles. The van der Waals surface area contributed by atoms with E-state index in [-0.39, 0.29) is 17.2 Å². The van der Waals surface area contributed by atoms with Crippen LogP contribution in [0.5, 0.6) is 5.75 Å². The first kappa shape index (κ1) is 14.9. The Morgan fingerprint density at radius 2 is 1.67 bits per heavy atom. The Hall–Kier alpha value is -1.12. The largest absolute Gasteiger partial charge is 0.497 e. The highest BCUT2D eigenvalue weighted by atomic mass is 32.2. The predicted molar refractivity (Wildman–Crippen MR) is 67.9 cm³/mol. The molecule has 18 heavy (non-hydrogen) atoms. The van der Waals surface area contributed by atoms with E-state index in [4.69, 9.17) is 4.74 Å². The second-order valence-corrected chi connectivity index (χ2v) is 7.73. The normalized spacial score (nSPS) is 12.3. The van der Waals surface area contributed by atoms with E-state index in [2.05, 4.69) is 4.72 Å². The van der Waals surface area contributed by atoms with Gasteiger partial charge in [0.15, 0.2) is 0 Å². The molecule has 1 N–H and O–H groups in total. The molecule has 0 heterocycles. The van der Waals surface area contributed by atoms with E-state index in [1.807, 2.05) is 0 Å². The highest BCUT2D eigenvalue weighted by Gasteiger charge is 2.14. The van der Waals surface area contributed by atoms with Crippen LogP contribution in [0, 0.1) is 0 Å². The van der Waals surface area contributed by atoms with Crippen LogP contribution in [-0.2, 0) is 19.9 Å². The lowest BCUT2D eigenvalue weighted by Crippen LogP contribution is -2.28. The Labute approximate surface area is 107 Å². The van der Waals surface area contributed by atoms with Crippen LogP contribution < -0.4 is 9.46 Å². The molecule has 0 saturated heterocycles. The summed E-state index contributed by atoms with van der Waals surface area (Å²) in [6.45, 7) is -0.146. The van der Waals surface area contributed by atoms with Crippen molar-refractivity contribution in [1.29, 1.82) is 0 Å². The van der Waals surface area contributed by atoms with Gasteiger partial charge in [-0.2, -0.15) is 0 Å². The van der Waals surface area contributed by atoms with Crippen LogP contribution in [0.15, 0.2) is 29.2 Å². The molecule has 0 spiro atoms. The van der Waals surface area contributed by atoms with Crippen molar-refractivity contribution >= 4 is 19.9 Å². The van der Waals surface area contributed by atoms with Crippen molar-refractivity contribution < 1.29 is 21.6 Å². The van der Waals surface area contributed by atoms with Crippen LogP contribution in [0.4, 0.5) is 0 Å². The van der Waals surface area contributed by atoms with E-state index in [0.717, 1.165) is 6.26 Å². The molecule has 0 bridgehead atoms. The molecule has 1 aromatic carbocycles. The second kappa shape index (κ2) is 5.68. The van der Waals surface area contributed by atoms with Gasteiger partial charge in [0.05, 0.1) is 17.8 Å². The van der Waals surface area contributed by atoms with Gasteiger partial charge in [-0.1, -0.05) is 0 Å². The molecule has 1 rings (SSSR count). The van der Waals surface area contributed by atoms with E-state index in [0.29, 0.717) is 5.75 Å². The van der Waals surface area contributed by atoms with E-state index in [9.17, 15) is 16.8 Å². The number of benzene rings is 1. The van der Waals surface area contributed by atoms with Gasteiger partial charge in [0.2, 0.25) is 10.0 Å². The van der Waals surface area contributed by atoms with Gasteiger partial charge >= 0.3 is 0 Å². The van der Waals surface area contributed by atoms with Crippen LogP contribution in [0.2, 0.25) is 0 Å². The van der Waals surface area contributed by atoms with Crippen molar-refractivity contribution in [1.82, 2.24) is 4.72 Å². The van der Waals surface area contributed by atoms with Gasteiger partial charge in [0, 0.05) is 12.8 Å². The number of hydrogen-bond donors (Lipinski definition) is 1. The average molecular weight is 293 g/mol. The Morgan fingerprint density at radius 1 is 1.11 bits per heavy atom. The molecule has 102 valence electrons. The Bertz CT molecular complexity index is 590. The lowest BCUT2D eigenvalue weighted by molar-refractivity contribution is 0.414. The zero-order valence-electron chi connectivity index (χ0n) is 10.1. The maximum absolute atomic E-state index is 11.8. The fraction of sp³-hybridized carbons (Fsp3) is 0.400. The molecule has 0 amide bonds. The highest BCUT2D eigenvalue weighted by molar-refractivity contribution is 7.91. The minimum atomic E-state index is -3.68. The molecule has 6 nitrogen and oxygen atoms in total. The third kappa shape index (κ3) is 4.63. The number of methoxy groups -OCH3 is 1. The predicted octanol–water partition coefficient (Wildman–Crippen LogP) is 0.0181. The molecule has 8 heteroatoms. The fourth-order valence-corrected chi connectivity index (χ4v) is 2.83. The summed E-state index contributed by atoms with van der Waals surface area (Å²) in [6, 6.07) is 5.82. The van der Waals surface area contributed by atoms with Crippen molar-refractivity contribution in [2.75, 3.05) is 25.7 Å². The topological polar surface area (TPSA) is 89.5 Å². The summed E-state index contributed by atoms with van der Waals surface area (Å²) < 4.78 is 52.4. The number of ether oxygens (including phenoxy) is 1. The van der Waals surface area contributed by atoms with E-state index in [1.54, 1.807) is 0 Å². The number of hydrogen-bond acceptors (Lipinski definition) is 5. The summed E-state index contributed by atoms with van der Waals surface area (Å²) in [5.74, 6) is 0.313. The van der Waals surface area contributed by atoms with Crippen molar-refractivity contribution in [2.24, 2.45) is 0 Å². The minimum absolute atomic E-state index is 0.0665. The van der Waals surface area contributed by atoms with Crippen molar-refractivity contribution in [3.05, 3.63) is 24.3 Å². The molecule has 0 radical (unpaired) electrons. The second-order valence-electron chi connectivity index (χ2n) is 3.70. The summed E-state index contributed by atoms with van der Waals surface area (Å²) in [5, 5.41) is 0. The smallest absolute Gasteiger partial charge is 0.240 e. The number of rotatable bonds is 6. The van der Waals surface area contributed by atoms with Gasteiger partial charge in [0.25, 0.3) is 0 Å². The third-order valence-corrected chi connectivity index (χ3v) is 4.56. The van der Waals surface area contributed by atoms with Gasteiger partial charge in [0.1, 0.15) is 15.6 Å². The van der Waals surface area contributed by atoms with Crippen LogP contribution in [0.3, 0.4) is 0 Å². The first-order valence-electron chi connectivity index (χ1n) is 5.06. The SMILES string of the molecule is COc1ccc(S(=O)(=O)NCCS(C)(=O)=O)cc1. The van der Waals surface area contributed by atoms with Gasteiger partial charge in [-0.25, -0.2) is 21.6 Å². The summed E-state index contributed by atoms with van der Waals surface area (Å²) >= 11 is 0. The quantitative estimate of drug-likeness (QED) is 0.798. The van der Waals surface area contributed by atoms with Crippen LogP contribution >= 0.6 is 0 Å². The van der Waals surface area contributed by atoms with Gasteiger partial charge in [-0.15, -0.1) is 0 Å². The lowest BCUT2D eigenvalue weighted by atomic mass is 10.3. The number of sulfone groups is 1. The Kier molecular flexibility index (Phi) is 4.71. The minimum Gasteiger partial charge on any atom is -0.497 e. The Balaban J connectivity index is 2.74. The molecule has 0 aliphatic rings. The van der Waals surface area contributed by atoms with Crippen molar-refractivity contribution in [2.45, 2.75) is 4.90 Å². The molecule has 0 aromatic heterocycles. The summed E-state index contributed by atoms with van der Waals surface area (Å²) in [7, 11) is -5.38. The maximum atomic E-state index is 11.8. The summed E-state index contributed by atoms with van der Waals surface area (Å²) in [4.78, 5) is 0.0665. The number of sulfonamides is 1. The summed E-state index contributed by atoms with van der Waals surface area (Å²) in [6.07, 6.45) is 1.05. The van der Waals surface area contributed by atoms with Gasteiger partial charge in [-0.05, 0) is 24.3 Å².